The van der Waals surface area contributed by atoms with Gasteiger partial charge in [0.15, 0.2) is 9.84 Å². The van der Waals surface area contributed by atoms with Gasteiger partial charge in [-0.2, -0.15) is 0 Å². The lowest BCUT2D eigenvalue weighted by atomic mass is 10.2. The molecule has 1 N–H and O–H groups in total. The van der Waals surface area contributed by atoms with Gasteiger partial charge in [-0.05, 0) is 29.8 Å². The van der Waals surface area contributed by atoms with Gasteiger partial charge in [0.05, 0.1) is 11.1 Å². The summed E-state index contributed by atoms with van der Waals surface area (Å²) in [4.78, 5) is 7.56. The predicted octanol–water partition coefficient (Wildman–Crippen LogP) is 2.55. The van der Waals surface area contributed by atoms with Crippen LogP contribution in [0.15, 0.2) is 53.7 Å². The molecule has 108 valence electrons. The summed E-state index contributed by atoms with van der Waals surface area (Å²) in [5.41, 5.74) is 1.72. The number of hydrogen-bond acceptors (Lipinski definition) is 4. The number of nitrogens with zero attached hydrogens (tertiary/aromatic N) is 1. The molecule has 0 aliphatic heterocycles. The lowest BCUT2D eigenvalue weighted by molar-refractivity contribution is 0.305. The molecule has 0 atom stereocenters. The van der Waals surface area contributed by atoms with Crippen molar-refractivity contribution in [2.75, 3.05) is 6.26 Å². The van der Waals surface area contributed by atoms with Crippen molar-refractivity contribution < 1.29 is 13.2 Å². The maximum atomic E-state index is 11.4. The Hall–Kier alpha value is -2.34. The topological polar surface area (TPSA) is 72.1 Å². The lowest BCUT2D eigenvalue weighted by Crippen LogP contribution is -1.99. The van der Waals surface area contributed by atoms with Crippen LogP contribution in [0.5, 0.6) is 5.75 Å². The number of fused-ring (bicyclic) bond motifs is 1. The van der Waals surface area contributed by atoms with Gasteiger partial charge in [0.1, 0.15) is 18.0 Å². The molecule has 0 saturated heterocycles. The Bertz CT molecular complexity index is 867. The molecule has 3 rings (SSSR count). The molecule has 3 aromatic rings. The first-order chi connectivity index (χ1) is 10.0. The molecule has 0 saturated carbocycles. The first-order valence-electron chi connectivity index (χ1n) is 6.37. The smallest absolute Gasteiger partial charge is 0.175 e. The van der Waals surface area contributed by atoms with Crippen molar-refractivity contribution in [1.29, 1.82) is 0 Å². The fourth-order valence-electron chi connectivity index (χ4n) is 2.00. The van der Waals surface area contributed by atoms with Crippen LogP contribution in [-0.2, 0) is 16.4 Å². The molecule has 0 fully saturated rings. The van der Waals surface area contributed by atoms with Gasteiger partial charge in [0.2, 0.25) is 0 Å². The fraction of sp³-hybridized carbons (Fsp3) is 0.133. The molecule has 0 radical (unpaired) electrons. The van der Waals surface area contributed by atoms with Gasteiger partial charge in [-0.15, -0.1) is 0 Å². The van der Waals surface area contributed by atoms with Gasteiger partial charge in [-0.1, -0.05) is 12.1 Å². The Labute approximate surface area is 122 Å². The number of benzene rings is 1. The molecule has 21 heavy (non-hydrogen) atoms. The molecule has 0 aliphatic rings. The van der Waals surface area contributed by atoms with Crippen molar-refractivity contribution in [2.45, 2.75) is 11.5 Å². The Kier molecular flexibility index (Phi) is 3.39. The molecule has 2 aromatic heterocycles. The summed E-state index contributed by atoms with van der Waals surface area (Å²) in [5.74, 6) is 0.675. The minimum absolute atomic E-state index is 0.307. The maximum Gasteiger partial charge on any atom is 0.175 e. The number of aromatic amines is 1. The van der Waals surface area contributed by atoms with Gasteiger partial charge < -0.3 is 9.72 Å². The highest BCUT2D eigenvalue weighted by molar-refractivity contribution is 7.90. The van der Waals surface area contributed by atoms with Gasteiger partial charge in [-0.25, -0.2) is 13.4 Å². The van der Waals surface area contributed by atoms with Crippen molar-refractivity contribution in [3.8, 4) is 5.75 Å². The van der Waals surface area contributed by atoms with Crippen LogP contribution in [0.25, 0.3) is 11.0 Å². The summed E-state index contributed by atoms with van der Waals surface area (Å²) in [6, 6.07) is 10.5. The largest absolute Gasteiger partial charge is 0.487 e. The number of pyridine rings is 1. The highest BCUT2D eigenvalue weighted by atomic mass is 32.2. The van der Waals surface area contributed by atoms with Gasteiger partial charge in [0.25, 0.3) is 0 Å². The highest BCUT2D eigenvalue weighted by Crippen LogP contribution is 2.18. The number of nitrogens with one attached hydrogen (secondary N) is 1. The van der Waals surface area contributed by atoms with E-state index in [0.717, 1.165) is 16.6 Å². The number of hydrogen-bond donors (Lipinski definition) is 1. The van der Waals surface area contributed by atoms with Gasteiger partial charge in [-0.3, -0.25) is 0 Å². The third kappa shape index (κ3) is 3.05. The highest BCUT2D eigenvalue weighted by Gasteiger charge is 2.06. The van der Waals surface area contributed by atoms with Gasteiger partial charge >= 0.3 is 0 Å². The number of aromatic nitrogens is 2. The van der Waals surface area contributed by atoms with Crippen molar-refractivity contribution in [1.82, 2.24) is 9.97 Å². The summed E-state index contributed by atoms with van der Waals surface area (Å²) < 4.78 is 28.4. The second-order valence-corrected chi connectivity index (χ2v) is 6.81. The van der Waals surface area contributed by atoms with Gasteiger partial charge in [0, 0.05) is 17.8 Å². The molecule has 0 aliphatic carbocycles. The van der Waals surface area contributed by atoms with E-state index in [4.69, 9.17) is 4.74 Å². The van der Waals surface area contributed by atoms with Crippen molar-refractivity contribution in [3.05, 3.63) is 54.4 Å². The predicted molar refractivity (Wildman–Crippen MR) is 80.0 cm³/mol. The van der Waals surface area contributed by atoms with Crippen molar-refractivity contribution in [2.24, 2.45) is 0 Å². The lowest BCUT2D eigenvalue weighted by Gasteiger charge is -2.06. The van der Waals surface area contributed by atoms with E-state index in [2.05, 4.69) is 9.97 Å². The molecule has 0 bridgehead atoms. The van der Waals surface area contributed by atoms with Crippen LogP contribution in [0.4, 0.5) is 0 Å². The third-order valence-electron chi connectivity index (χ3n) is 3.13. The zero-order valence-corrected chi connectivity index (χ0v) is 12.2. The van der Waals surface area contributed by atoms with Crippen LogP contribution in [-0.4, -0.2) is 24.6 Å². The Morgan fingerprint density at radius 2 is 1.95 bits per heavy atom. The monoisotopic (exact) mass is 302 g/mol. The van der Waals surface area contributed by atoms with Crippen LogP contribution in [0, 0.1) is 0 Å². The average molecular weight is 302 g/mol. The van der Waals surface area contributed by atoms with E-state index in [1.165, 1.54) is 6.26 Å². The maximum absolute atomic E-state index is 11.4. The van der Waals surface area contributed by atoms with Crippen LogP contribution >= 0.6 is 0 Å². The zero-order chi connectivity index (χ0) is 14.9. The first-order valence-corrected chi connectivity index (χ1v) is 8.26. The quantitative estimate of drug-likeness (QED) is 0.804. The molecule has 0 unspecified atom stereocenters. The minimum Gasteiger partial charge on any atom is -0.487 e. The van der Waals surface area contributed by atoms with Crippen molar-refractivity contribution in [3.63, 3.8) is 0 Å². The fourth-order valence-corrected chi connectivity index (χ4v) is 2.63. The van der Waals surface area contributed by atoms with E-state index in [1.54, 1.807) is 30.5 Å². The summed E-state index contributed by atoms with van der Waals surface area (Å²) in [5, 5.41) is 0.986. The SMILES string of the molecule is CS(=O)(=O)c1ccc(COc2cnc3[nH]ccc3c2)cc1. The molecule has 0 amide bonds. The summed E-state index contributed by atoms with van der Waals surface area (Å²) >= 11 is 0. The number of ether oxygens (including phenoxy) is 1. The molecular weight excluding hydrogens is 288 g/mol. The van der Waals surface area contributed by atoms with E-state index in [0.29, 0.717) is 17.3 Å². The number of rotatable bonds is 4. The summed E-state index contributed by atoms with van der Waals surface area (Å²) in [6.07, 6.45) is 4.67. The third-order valence-corrected chi connectivity index (χ3v) is 4.26. The Morgan fingerprint density at radius 1 is 1.19 bits per heavy atom. The molecule has 6 heteroatoms. The van der Waals surface area contributed by atoms with E-state index < -0.39 is 9.84 Å². The normalized spacial score (nSPS) is 11.7. The average Bonchev–Trinajstić information content (AvgIpc) is 2.92. The molecular formula is C15H14N2O3S. The van der Waals surface area contributed by atoms with E-state index in [-0.39, 0.29) is 0 Å². The Balaban J connectivity index is 1.72. The van der Waals surface area contributed by atoms with Crippen LogP contribution in [0.2, 0.25) is 0 Å². The Morgan fingerprint density at radius 3 is 2.67 bits per heavy atom. The molecule has 0 spiro atoms. The molecule has 2 heterocycles. The summed E-state index contributed by atoms with van der Waals surface area (Å²) in [6.45, 7) is 0.363. The standard InChI is InChI=1S/C15H14N2O3S/c1-21(18,19)14-4-2-11(3-5-14)10-20-13-8-12-6-7-16-15(12)17-9-13/h2-9H,10H2,1H3,(H,16,17). The minimum atomic E-state index is -3.16. The van der Waals surface area contributed by atoms with E-state index >= 15 is 0 Å². The number of sulfone groups is 1. The van der Waals surface area contributed by atoms with Crippen LogP contribution < -0.4 is 4.74 Å². The molecule has 1 aromatic carbocycles. The molecule has 5 nitrogen and oxygen atoms in total. The van der Waals surface area contributed by atoms with E-state index in [9.17, 15) is 8.42 Å². The first kappa shape index (κ1) is 13.6. The second kappa shape index (κ2) is 5.21. The van der Waals surface area contributed by atoms with Crippen molar-refractivity contribution >= 4 is 20.9 Å². The van der Waals surface area contributed by atoms with Crippen LogP contribution in [0.1, 0.15) is 5.56 Å². The zero-order valence-electron chi connectivity index (χ0n) is 11.4. The summed E-state index contributed by atoms with van der Waals surface area (Å²) in [7, 11) is -3.16. The van der Waals surface area contributed by atoms with E-state index in [1.807, 2.05) is 18.3 Å². The second-order valence-electron chi connectivity index (χ2n) is 4.79. The van der Waals surface area contributed by atoms with Crippen LogP contribution in [0.3, 0.4) is 0 Å². The number of H-pyrrole nitrogens is 1.